The maximum absolute atomic E-state index is 12.8. The topological polar surface area (TPSA) is 118 Å². The number of hydrogen-bond donors (Lipinski definition) is 3. The highest BCUT2D eigenvalue weighted by molar-refractivity contribution is 7.93. The smallest absolute Gasteiger partial charge is 0.261 e. The van der Waals surface area contributed by atoms with E-state index in [9.17, 15) is 16.8 Å². The quantitative estimate of drug-likeness (QED) is 0.604. The van der Waals surface area contributed by atoms with Crippen molar-refractivity contribution in [1.82, 2.24) is 0 Å². The molecular formula is C20H23N3O4S2. The lowest BCUT2D eigenvalue weighted by molar-refractivity contribution is 0.592. The van der Waals surface area contributed by atoms with Crippen molar-refractivity contribution in [3.05, 3.63) is 71.8 Å². The Labute approximate surface area is 171 Å². The summed E-state index contributed by atoms with van der Waals surface area (Å²) in [6.45, 7) is 3.75. The maximum atomic E-state index is 12.8. The summed E-state index contributed by atoms with van der Waals surface area (Å²) in [6.07, 6.45) is 5.53. The molecular weight excluding hydrogens is 410 g/mol. The fourth-order valence-corrected chi connectivity index (χ4v) is 5.16. The largest absolute Gasteiger partial charge is 0.399 e. The van der Waals surface area contributed by atoms with Gasteiger partial charge >= 0.3 is 0 Å². The Bertz CT molecular complexity index is 1180. The average Bonchev–Trinajstić information content (AvgIpc) is 2.64. The molecule has 1 atom stereocenters. The van der Waals surface area contributed by atoms with Crippen molar-refractivity contribution in [3.63, 3.8) is 0 Å². The molecule has 1 aliphatic carbocycles. The van der Waals surface area contributed by atoms with Gasteiger partial charge in [-0.2, -0.15) is 0 Å². The molecule has 0 spiro atoms. The summed E-state index contributed by atoms with van der Waals surface area (Å²) in [5.74, 6) is 0. The molecule has 7 nitrogen and oxygen atoms in total. The van der Waals surface area contributed by atoms with Crippen molar-refractivity contribution in [2.24, 2.45) is 0 Å². The molecule has 0 aliphatic heterocycles. The Kier molecular flexibility index (Phi) is 5.72. The molecule has 1 unspecified atom stereocenters. The summed E-state index contributed by atoms with van der Waals surface area (Å²) in [5, 5.41) is -0.755. The number of aryl methyl sites for hydroxylation is 1. The van der Waals surface area contributed by atoms with Crippen molar-refractivity contribution in [2.75, 3.05) is 15.2 Å². The Morgan fingerprint density at radius 2 is 1.62 bits per heavy atom. The first kappa shape index (κ1) is 20.9. The molecule has 0 aromatic heterocycles. The molecule has 0 fully saturated rings. The van der Waals surface area contributed by atoms with Gasteiger partial charge in [0.25, 0.3) is 10.0 Å². The van der Waals surface area contributed by atoms with E-state index in [4.69, 9.17) is 5.73 Å². The van der Waals surface area contributed by atoms with Gasteiger partial charge in [-0.3, -0.25) is 9.44 Å². The van der Waals surface area contributed by atoms with Gasteiger partial charge < -0.3 is 5.73 Å². The fourth-order valence-electron chi connectivity index (χ4n) is 2.82. The van der Waals surface area contributed by atoms with Gasteiger partial charge in [0.15, 0.2) is 0 Å². The number of hydrogen-bond acceptors (Lipinski definition) is 5. The summed E-state index contributed by atoms with van der Waals surface area (Å²) in [5.41, 5.74) is 8.18. The third-order valence-corrected chi connectivity index (χ3v) is 7.55. The van der Waals surface area contributed by atoms with Crippen LogP contribution in [-0.2, 0) is 20.0 Å². The van der Waals surface area contributed by atoms with Crippen LogP contribution in [0.4, 0.5) is 17.1 Å². The number of nitrogen functional groups attached to an aromatic ring is 1. The molecule has 0 saturated carbocycles. The van der Waals surface area contributed by atoms with E-state index < -0.39 is 25.3 Å². The van der Waals surface area contributed by atoms with Crippen LogP contribution in [0.25, 0.3) is 0 Å². The van der Waals surface area contributed by atoms with Crippen LogP contribution in [0.3, 0.4) is 0 Å². The number of benzene rings is 2. The minimum atomic E-state index is -3.90. The van der Waals surface area contributed by atoms with Crippen LogP contribution in [0.1, 0.15) is 18.9 Å². The normalized spacial score (nSPS) is 16.9. The molecule has 4 N–H and O–H groups in total. The average molecular weight is 434 g/mol. The van der Waals surface area contributed by atoms with Gasteiger partial charge in [-0.15, -0.1) is 0 Å². The molecule has 2 aromatic rings. The zero-order valence-corrected chi connectivity index (χ0v) is 17.7. The van der Waals surface area contributed by atoms with Gasteiger partial charge in [-0.25, -0.2) is 16.8 Å². The lowest BCUT2D eigenvalue weighted by atomic mass is 10.1. The second-order valence-corrected chi connectivity index (χ2v) is 10.5. The molecule has 0 heterocycles. The highest BCUT2D eigenvalue weighted by Crippen LogP contribution is 2.30. The van der Waals surface area contributed by atoms with E-state index in [2.05, 4.69) is 9.44 Å². The monoisotopic (exact) mass is 433 g/mol. The molecule has 3 rings (SSSR count). The predicted octanol–water partition coefficient (Wildman–Crippen LogP) is 3.39. The van der Waals surface area contributed by atoms with E-state index in [1.165, 1.54) is 30.3 Å². The summed E-state index contributed by atoms with van der Waals surface area (Å²) in [4.78, 5) is 0.0737. The first-order valence-corrected chi connectivity index (χ1v) is 12.0. The van der Waals surface area contributed by atoms with Gasteiger partial charge in [0.2, 0.25) is 10.0 Å². The summed E-state index contributed by atoms with van der Waals surface area (Å²) >= 11 is 0. The third kappa shape index (κ3) is 4.99. The van der Waals surface area contributed by atoms with Crippen molar-refractivity contribution < 1.29 is 16.8 Å². The van der Waals surface area contributed by atoms with E-state index in [0.717, 1.165) is 11.1 Å². The van der Waals surface area contributed by atoms with Crippen molar-refractivity contribution >= 4 is 37.1 Å². The van der Waals surface area contributed by atoms with Crippen LogP contribution in [0.5, 0.6) is 0 Å². The highest BCUT2D eigenvalue weighted by atomic mass is 32.2. The Morgan fingerprint density at radius 3 is 2.24 bits per heavy atom. The molecule has 0 amide bonds. The summed E-state index contributed by atoms with van der Waals surface area (Å²) in [7, 11) is -7.70. The molecule has 0 saturated heterocycles. The van der Waals surface area contributed by atoms with E-state index in [1.54, 1.807) is 24.3 Å². The number of anilines is 3. The highest BCUT2D eigenvalue weighted by Gasteiger charge is 2.25. The van der Waals surface area contributed by atoms with Crippen molar-refractivity contribution in [2.45, 2.75) is 30.4 Å². The Balaban J connectivity index is 1.90. The number of allylic oxidation sites excluding steroid dienone is 3. The molecule has 0 bridgehead atoms. The van der Waals surface area contributed by atoms with Gasteiger partial charge in [-0.1, -0.05) is 41.5 Å². The molecule has 1 aliphatic rings. The lowest BCUT2D eigenvalue weighted by Gasteiger charge is -2.19. The van der Waals surface area contributed by atoms with Gasteiger partial charge in [-0.05, 0) is 50.6 Å². The first-order valence-electron chi connectivity index (χ1n) is 8.92. The molecule has 0 radical (unpaired) electrons. The van der Waals surface area contributed by atoms with Crippen LogP contribution in [0, 0.1) is 6.92 Å². The van der Waals surface area contributed by atoms with Crippen molar-refractivity contribution in [1.29, 1.82) is 0 Å². The third-order valence-electron chi connectivity index (χ3n) is 4.52. The standard InChI is InChI=1S/C20H23N3O4S2/c1-14-3-8-17(9-4-14)28(24,25)22-19-12-7-16(21)13-20(19)23-29(26,27)18-10-5-15(2)6-11-18/h3-10,12-13,18,22-23H,11,21H2,1-2H3. The SMILES string of the molecule is CC1=CCC(S(=O)(=O)Nc2cc(N)ccc2NS(=O)(=O)c2ccc(C)cc2)C=C1. The summed E-state index contributed by atoms with van der Waals surface area (Å²) in [6, 6.07) is 10.7. The van der Waals surface area contributed by atoms with E-state index >= 15 is 0 Å². The Hall–Kier alpha value is -2.78. The minimum Gasteiger partial charge on any atom is -0.399 e. The van der Waals surface area contributed by atoms with Crippen LogP contribution in [-0.4, -0.2) is 22.1 Å². The van der Waals surface area contributed by atoms with E-state index in [0.29, 0.717) is 12.1 Å². The number of sulfonamides is 2. The predicted molar refractivity (Wildman–Crippen MR) is 117 cm³/mol. The van der Waals surface area contributed by atoms with Crippen LogP contribution in [0.2, 0.25) is 0 Å². The summed E-state index contributed by atoms with van der Waals surface area (Å²) < 4.78 is 55.9. The zero-order chi connectivity index (χ0) is 21.2. The number of nitrogens with one attached hydrogen (secondary N) is 2. The maximum Gasteiger partial charge on any atom is 0.261 e. The van der Waals surface area contributed by atoms with E-state index in [1.807, 2.05) is 19.9 Å². The molecule has 9 heteroatoms. The van der Waals surface area contributed by atoms with Gasteiger partial charge in [0.05, 0.1) is 16.3 Å². The first-order chi connectivity index (χ1) is 13.6. The van der Waals surface area contributed by atoms with Gasteiger partial charge in [0.1, 0.15) is 5.25 Å². The number of rotatable bonds is 6. The fraction of sp³-hybridized carbons (Fsp3) is 0.200. The lowest BCUT2D eigenvalue weighted by Crippen LogP contribution is -2.27. The number of nitrogens with two attached hydrogens (primary N) is 1. The molecule has 29 heavy (non-hydrogen) atoms. The van der Waals surface area contributed by atoms with Crippen LogP contribution >= 0.6 is 0 Å². The molecule has 2 aromatic carbocycles. The van der Waals surface area contributed by atoms with E-state index in [-0.39, 0.29) is 16.3 Å². The second kappa shape index (κ2) is 7.92. The zero-order valence-electron chi connectivity index (χ0n) is 16.1. The Morgan fingerprint density at radius 1 is 0.931 bits per heavy atom. The second-order valence-electron chi connectivity index (χ2n) is 6.95. The van der Waals surface area contributed by atoms with Crippen LogP contribution in [0.15, 0.2) is 71.2 Å². The molecule has 154 valence electrons. The van der Waals surface area contributed by atoms with Gasteiger partial charge in [0, 0.05) is 5.69 Å². The minimum absolute atomic E-state index is 0.0698. The van der Waals surface area contributed by atoms with Crippen molar-refractivity contribution in [3.8, 4) is 0 Å². The van der Waals surface area contributed by atoms with Crippen LogP contribution < -0.4 is 15.2 Å².